The Kier molecular flexibility index (Phi) is 10.7. The summed E-state index contributed by atoms with van der Waals surface area (Å²) in [4.78, 5) is 22.9. The number of urea groups is 1. The molecule has 0 bridgehead atoms. The SMILES string of the molecule is CNCCCCCNC(=O)NCCCC(=O)OC(C)(C)C. The van der Waals surface area contributed by atoms with Gasteiger partial charge in [-0.25, -0.2) is 4.79 Å². The minimum absolute atomic E-state index is 0.173. The van der Waals surface area contributed by atoms with Crippen LogP contribution in [-0.2, 0) is 9.53 Å². The van der Waals surface area contributed by atoms with Crippen molar-refractivity contribution in [2.45, 2.75) is 58.5 Å². The van der Waals surface area contributed by atoms with Crippen molar-refractivity contribution in [3.05, 3.63) is 0 Å². The Hall–Kier alpha value is -1.30. The number of carbonyl (C=O) groups excluding carboxylic acids is 2. The van der Waals surface area contributed by atoms with E-state index in [4.69, 9.17) is 4.74 Å². The summed E-state index contributed by atoms with van der Waals surface area (Å²) < 4.78 is 5.18. The van der Waals surface area contributed by atoms with Gasteiger partial charge in [-0.1, -0.05) is 6.42 Å². The molecule has 0 aromatic carbocycles. The van der Waals surface area contributed by atoms with E-state index in [1.807, 2.05) is 27.8 Å². The lowest BCUT2D eigenvalue weighted by Crippen LogP contribution is -2.36. The molecule has 0 aromatic heterocycles. The Balaban J connectivity index is 3.43. The van der Waals surface area contributed by atoms with Crippen molar-refractivity contribution in [3.63, 3.8) is 0 Å². The number of carbonyl (C=O) groups is 2. The Labute approximate surface area is 128 Å². The predicted octanol–water partition coefficient (Wildman–Crippen LogP) is 1.80. The fourth-order valence-electron chi connectivity index (χ4n) is 1.70. The zero-order chi connectivity index (χ0) is 16.1. The van der Waals surface area contributed by atoms with Gasteiger partial charge in [-0.2, -0.15) is 0 Å². The Morgan fingerprint density at radius 1 is 0.905 bits per heavy atom. The highest BCUT2D eigenvalue weighted by molar-refractivity contribution is 5.74. The standard InChI is InChI=1S/C15H31N3O3/c1-15(2,3)21-13(19)9-8-12-18-14(20)17-11-7-5-6-10-16-4/h16H,5-12H2,1-4H3,(H2,17,18,20). The molecule has 0 spiro atoms. The van der Waals surface area contributed by atoms with Gasteiger partial charge in [0.05, 0.1) is 0 Å². The summed E-state index contributed by atoms with van der Waals surface area (Å²) >= 11 is 0. The van der Waals surface area contributed by atoms with Crippen LogP contribution in [0.1, 0.15) is 52.9 Å². The first-order valence-corrected chi connectivity index (χ1v) is 7.73. The van der Waals surface area contributed by atoms with Crippen molar-refractivity contribution in [1.82, 2.24) is 16.0 Å². The summed E-state index contributed by atoms with van der Waals surface area (Å²) in [6, 6.07) is -0.173. The van der Waals surface area contributed by atoms with E-state index in [-0.39, 0.29) is 12.0 Å². The highest BCUT2D eigenvalue weighted by atomic mass is 16.6. The van der Waals surface area contributed by atoms with E-state index >= 15 is 0 Å². The number of unbranched alkanes of at least 4 members (excludes halogenated alkanes) is 2. The van der Waals surface area contributed by atoms with Crippen LogP contribution in [0.3, 0.4) is 0 Å². The molecule has 0 rings (SSSR count). The minimum Gasteiger partial charge on any atom is -0.460 e. The molecule has 6 heteroatoms. The number of rotatable bonds is 10. The summed E-state index contributed by atoms with van der Waals surface area (Å²) in [5.41, 5.74) is -0.449. The monoisotopic (exact) mass is 301 g/mol. The van der Waals surface area contributed by atoms with Crippen LogP contribution < -0.4 is 16.0 Å². The van der Waals surface area contributed by atoms with Crippen LogP contribution in [0.25, 0.3) is 0 Å². The molecule has 0 aromatic rings. The maximum absolute atomic E-state index is 11.5. The van der Waals surface area contributed by atoms with Crippen molar-refractivity contribution in [1.29, 1.82) is 0 Å². The van der Waals surface area contributed by atoms with E-state index in [1.54, 1.807) is 0 Å². The summed E-state index contributed by atoms with van der Waals surface area (Å²) in [7, 11) is 1.93. The van der Waals surface area contributed by atoms with Crippen LogP contribution in [0.4, 0.5) is 4.79 Å². The van der Waals surface area contributed by atoms with Crippen molar-refractivity contribution < 1.29 is 14.3 Å². The largest absolute Gasteiger partial charge is 0.460 e. The second kappa shape index (κ2) is 11.4. The van der Waals surface area contributed by atoms with Crippen LogP contribution in [0.5, 0.6) is 0 Å². The molecule has 3 N–H and O–H groups in total. The van der Waals surface area contributed by atoms with Gasteiger partial charge < -0.3 is 20.7 Å². The first-order chi connectivity index (χ1) is 9.85. The fraction of sp³-hybridized carbons (Fsp3) is 0.867. The van der Waals surface area contributed by atoms with Gasteiger partial charge in [0.25, 0.3) is 0 Å². The molecule has 0 saturated heterocycles. The van der Waals surface area contributed by atoms with E-state index in [1.165, 1.54) is 0 Å². The highest BCUT2D eigenvalue weighted by Crippen LogP contribution is 2.08. The fourth-order valence-corrected chi connectivity index (χ4v) is 1.70. The second-order valence-corrected chi connectivity index (χ2v) is 6.04. The lowest BCUT2D eigenvalue weighted by atomic mass is 10.2. The van der Waals surface area contributed by atoms with Gasteiger partial charge in [0.15, 0.2) is 0 Å². The van der Waals surface area contributed by atoms with Gasteiger partial charge >= 0.3 is 12.0 Å². The van der Waals surface area contributed by atoms with E-state index in [0.29, 0.717) is 25.9 Å². The van der Waals surface area contributed by atoms with Crippen LogP contribution in [0, 0.1) is 0 Å². The second-order valence-electron chi connectivity index (χ2n) is 6.04. The van der Waals surface area contributed by atoms with Crippen LogP contribution in [-0.4, -0.2) is 44.3 Å². The molecule has 0 aliphatic heterocycles. The molecular weight excluding hydrogens is 270 g/mol. The number of esters is 1. The molecule has 2 amide bonds. The Morgan fingerprint density at radius 3 is 2.05 bits per heavy atom. The van der Waals surface area contributed by atoms with E-state index in [9.17, 15) is 9.59 Å². The molecule has 0 radical (unpaired) electrons. The third-order valence-electron chi connectivity index (χ3n) is 2.65. The third kappa shape index (κ3) is 14.9. The molecule has 0 unspecified atom stereocenters. The van der Waals surface area contributed by atoms with Gasteiger partial charge in [-0.3, -0.25) is 4.79 Å². The van der Waals surface area contributed by atoms with Crippen molar-refractivity contribution >= 4 is 12.0 Å². The van der Waals surface area contributed by atoms with Crippen LogP contribution in [0.15, 0.2) is 0 Å². The van der Waals surface area contributed by atoms with Gasteiger partial charge in [0.1, 0.15) is 5.60 Å². The quantitative estimate of drug-likeness (QED) is 0.424. The van der Waals surface area contributed by atoms with Gasteiger partial charge in [0, 0.05) is 19.5 Å². The summed E-state index contributed by atoms with van der Waals surface area (Å²) in [6.45, 7) is 7.69. The molecule has 0 aliphatic rings. The smallest absolute Gasteiger partial charge is 0.314 e. The lowest BCUT2D eigenvalue weighted by molar-refractivity contribution is -0.154. The first kappa shape index (κ1) is 19.7. The van der Waals surface area contributed by atoms with E-state index in [2.05, 4.69) is 16.0 Å². The molecule has 6 nitrogen and oxygen atoms in total. The summed E-state index contributed by atoms with van der Waals surface area (Å²) in [5, 5.41) is 8.62. The maximum atomic E-state index is 11.5. The van der Waals surface area contributed by atoms with E-state index < -0.39 is 5.60 Å². The van der Waals surface area contributed by atoms with Crippen molar-refractivity contribution in [2.24, 2.45) is 0 Å². The minimum atomic E-state index is -0.449. The Bertz CT molecular complexity index is 301. The molecule has 124 valence electrons. The first-order valence-electron chi connectivity index (χ1n) is 7.73. The highest BCUT2D eigenvalue weighted by Gasteiger charge is 2.15. The molecule has 21 heavy (non-hydrogen) atoms. The average molecular weight is 301 g/mol. The molecule has 0 saturated carbocycles. The number of hydrogen-bond donors (Lipinski definition) is 3. The summed E-state index contributed by atoms with van der Waals surface area (Å²) in [6.07, 6.45) is 4.11. The molecule has 0 atom stereocenters. The lowest BCUT2D eigenvalue weighted by Gasteiger charge is -2.19. The van der Waals surface area contributed by atoms with Crippen molar-refractivity contribution in [2.75, 3.05) is 26.7 Å². The zero-order valence-electron chi connectivity index (χ0n) is 13.9. The van der Waals surface area contributed by atoms with Crippen LogP contribution >= 0.6 is 0 Å². The number of hydrogen-bond acceptors (Lipinski definition) is 4. The Morgan fingerprint density at radius 2 is 1.48 bits per heavy atom. The topological polar surface area (TPSA) is 79.5 Å². The molecule has 0 fully saturated rings. The van der Waals surface area contributed by atoms with Crippen molar-refractivity contribution in [3.8, 4) is 0 Å². The molecular formula is C15H31N3O3. The van der Waals surface area contributed by atoms with Gasteiger partial charge in [-0.15, -0.1) is 0 Å². The number of nitrogens with one attached hydrogen (secondary N) is 3. The molecule has 0 heterocycles. The number of amides is 2. The average Bonchev–Trinajstić information content (AvgIpc) is 2.37. The van der Waals surface area contributed by atoms with Gasteiger partial charge in [0.2, 0.25) is 0 Å². The molecule has 0 aliphatic carbocycles. The normalized spacial score (nSPS) is 11.0. The maximum Gasteiger partial charge on any atom is 0.314 e. The predicted molar refractivity (Wildman–Crippen MR) is 84.3 cm³/mol. The number of ether oxygens (including phenoxy) is 1. The van der Waals surface area contributed by atoms with Crippen LogP contribution in [0.2, 0.25) is 0 Å². The van der Waals surface area contributed by atoms with Gasteiger partial charge in [-0.05, 0) is 53.6 Å². The zero-order valence-corrected chi connectivity index (χ0v) is 13.9. The van der Waals surface area contributed by atoms with E-state index in [0.717, 1.165) is 25.8 Å². The summed E-state index contributed by atoms with van der Waals surface area (Å²) in [5.74, 6) is -0.228. The third-order valence-corrected chi connectivity index (χ3v) is 2.65.